The number of pyridine rings is 1. The van der Waals surface area contributed by atoms with Gasteiger partial charge in [0.15, 0.2) is 11.5 Å². The number of likely N-dealkylation sites (tertiary alicyclic amines) is 1. The highest BCUT2D eigenvalue weighted by atomic mass is 35.5. The van der Waals surface area contributed by atoms with Gasteiger partial charge in [-0.2, -0.15) is 0 Å². The normalized spacial score (nSPS) is 18.0. The molecule has 2 aromatic rings. The standard InChI is InChI=1S/C21H20Cl2N2O5/c1-4-8-25-16(11-6-5-7-24-10-11)14(18(27)21(25)28)17(26)12-9-13(22)20(30-3)15(23)19(12)29-2/h5-7,9-10,16,26H,4,8H2,1-3H3/b17-14+. The number of halogens is 2. The number of hydrogen-bond donors (Lipinski definition) is 1. The number of ether oxygens (including phenoxy) is 2. The van der Waals surface area contributed by atoms with E-state index in [1.807, 2.05) is 6.92 Å². The number of nitrogens with zero attached hydrogens (tertiary/aromatic N) is 2. The summed E-state index contributed by atoms with van der Waals surface area (Å²) in [4.78, 5) is 31.2. The molecule has 1 aromatic heterocycles. The van der Waals surface area contributed by atoms with Crippen molar-refractivity contribution in [1.29, 1.82) is 0 Å². The van der Waals surface area contributed by atoms with E-state index in [1.165, 1.54) is 25.2 Å². The fourth-order valence-electron chi connectivity index (χ4n) is 3.53. The zero-order valence-electron chi connectivity index (χ0n) is 16.6. The van der Waals surface area contributed by atoms with Crippen LogP contribution >= 0.6 is 23.2 Å². The van der Waals surface area contributed by atoms with Gasteiger partial charge >= 0.3 is 0 Å². The van der Waals surface area contributed by atoms with E-state index in [0.717, 1.165) is 0 Å². The first-order valence-corrected chi connectivity index (χ1v) is 9.91. The average molecular weight is 451 g/mol. The first kappa shape index (κ1) is 21.9. The van der Waals surface area contributed by atoms with E-state index < -0.39 is 23.5 Å². The predicted octanol–water partition coefficient (Wildman–Crippen LogP) is 4.24. The molecule has 7 nitrogen and oxygen atoms in total. The molecule has 1 aliphatic heterocycles. The molecule has 30 heavy (non-hydrogen) atoms. The van der Waals surface area contributed by atoms with Crippen LogP contribution in [0.1, 0.15) is 30.5 Å². The molecule has 1 amide bonds. The van der Waals surface area contributed by atoms with Crippen molar-refractivity contribution in [3.05, 3.63) is 57.3 Å². The molecular formula is C21H20Cl2N2O5. The van der Waals surface area contributed by atoms with Crippen molar-refractivity contribution in [1.82, 2.24) is 9.88 Å². The predicted molar refractivity (Wildman–Crippen MR) is 113 cm³/mol. The topological polar surface area (TPSA) is 89.0 Å². The molecule has 1 saturated heterocycles. The molecule has 0 radical (unpaired) electrons. The second-order valence-corrected chi connectivity index (χ2v) is 7.35. The lowest BCUT2D eigenvalue weighted by Gasteiger charge is -2.24. The van der Waals surface area contributed by atoms with E-state index in [1.54, 1.807) is 24.5 Å². The van der Waals surface area contributed by atoms with Crippen LogP contribution in [0, 0.1) is 0 Å². The monoisotopic (exact) mass is 450 g/mol. The molecule has 1 aromatic carbocycles. The number of aliphatic hydroxyl groups is 1. The van der Waals surface area contributed by atoms with Crippen LogP contribution in [0.25, 0.3) is 5.76 Å². The fraction of sp³-hybridized carbons (Fsp3) is 0.286. The van der Waals surface area contributed by atoms with Gasteiger partial charge < -0.3 is 19.5 Å². The van der Waals surface area contributed by atoms with E-state index in [0.29, 0.717) is 18.5 Å². The van der Waals surface area contributed by atoms with Crippen molar-refractivity contribution in [2.75, 3.05) is 20.8 Å². The van der Waals surface area contributed by atoms with E-state index >= 15 is 0 Å². The zero-order chi connectivity index (χ0) is 22.0. The minimum atomic E-state index is -0.806. The zero-order valence-corrected chi connectivity index (χ0v) is 18.1. The molecule has 3 rings (SSSR count). The number of Topliss-reactive ketones (excluding diaryl/α,β-unsaturated/α-hetero) is 1. The lowest BCUT2D eigenvalue weighted by Crippen LogP contribution is -2.30. The summed E-state index contributed by atoms with van der Waals surface area (Å²) < 4.78 is 10.5. The van der Waals surface area contributed by atoms with Gasteiger partial charge in [-0.25, -0.2) is 0 Å². The highest BCUT2D eigenvalue weighted by molar-refractivity contribution is 6.47. The first-order valence-electron chi connectivity index (χ1n) is 9.15. The number of rotatable bonds is 6. The largest absolute Gasteiger partial charge is 0.507 e. The SMILES string of the molecule is CCCN1C(=O)C(=O)/C(=C(/O)c2cc(Cl)c(OC)c(Cl)c2OC)C1c1cccnc1. The van der Waals surface area contributed by atoms with Gasteiger partial charge in [0.2, 0.25) is 0 Å². The molecule has 2 heterocycles. The number of benzene rings is 1. The van der Waals surface area contributed by atoms with E-state index in [2.05, 4.69) is 4.98 Å². The Kier molecular flexibility index (Phi) is 6.53. The number of carbonyl (C=O) groups is 2. The highest BCUT2D eigenvalue weighted by Gasteiger charge is 2.46. The summed E-state index contributed by atoms with van der Waals surface area (Å²) in [6.45, 7) is 2.23. The Morgan fingerprint density at radius 3 is 2.50 bits per heavy atom. The summed E-state index contributed by atoms with van der Waals surface area (Å²) in [5, 5.41) is 11.3. The van der Waals surface area contributed by atoms with Gasteiger partial charge in [0.25, 0.3) is 11.7 Å². The van der Waals surface area contributed by atoms with Crippen LogP contribution in [0.15, 0.2) is 36.2 Å². The van der Waals surface area contributed by atoms with Gasteiger partial charge in [-0.1, -0.05) is 36.2 Å². The van der Waals surface area contributed by atoms with Crippen LogP contribution in [-0.2, 0) is 9.59 Å². The molecule has 1 N–H and O–H groups in total. The molecule has 9 heteroatoms. The summed E-state index contributed by atoms with van der Waals surface area (Å²) in [5.74, 6) is -1.70. The summed E-state index contributed by atoms with van der Waals surface area (Å²) in [5.41, 5.74) is 0.588. The van der Waals surface area contributed by atoms with Crippen molar-refractivity contribution in [3.8, 4) is 11.5 Å². The Balaban J connectivity index is 2.29. The van der Waals surface area contributed by atoms with Crippen molar-refractivity contribution >= 4 is 40.7 Å². The number of carbonyl (C=O) groups excluding carboxylic acids is 2. The first-order chi connectivity index (χ1) is 14.4. The number of aromatic nitrogens is 1. The lowest BCUT2D eigenvalue weighted by molar-refractivity contribution is -0.139. The lowest BCUT2D eigenvalue weighted by atomic mass is 9.96. The maximum Gasteiger partial charge on any atom is 0.295 e. The van der Waals surface area contributed by atoms with Crippen LogP contribution in [-0.4, -0.2) is 47.4 Å². The molecular weight excluding hydrogens is 431 g/mol. The maximum absolute atomic E-state index is 12.9. The second-order valence-electron chi connectivity index (χ2n) is 6.57. The summed E-state index contributed by atoms with van der Waals surface area (Å²) in [7, 11) is 2.75. The van der Waals surface area contributed by atoms with E-state index in [-0.39, 0.29) is 32.7 Å². The molecule has 0 bridgehead atoms. The Labute approximate surface area is 183 Å². The summed E-state index contributed by atoms with van der Waals surface area (Å²) >= 11 is 12.6. The van der Waals surface area contributed by atoms with Crippen molar-refractivity contribution in [2.45, 2.75) is 19.4 Å². The third-order valence-corrected chi connectivity index (χ3v) is 5.42. The molecule has 158 valence electrons. The molecule has 0 spiro atoms. The smallest absolute Gasteiger partial charge is 0.295 e. The molecule has 1 atom stereocenters. The Bertz CT molecular complexity index is 1020. The average Bonchev–Trinajstić information content (AvgIpc) is 2.99. The number of ketones is 1. The summed E-state index contributed by atoms with van der Waals surface area (Å²) in [6, 6.07) is 4.02. The summed E-state index contributed by atoms with van der Waals surface area (Å²) in [6.07, 6.45) is 3.77. The van der Waals surface area contributed by atoms with Gasteiger partial charge in [-0.15, -0.1) is 0 Å². The third kappa shape index (κ3) is 3.59. The van der Waals surface area contributed by atoms with Gasteiger partial charge in [-0.3, -0.25) is 14.6 Å². The van der Waals surface area contributed by atoms with Crippen molar-refractivity contribution in [2.24, 2.45) is 0 Å². The molecule has 0 aliphatic carbocycles. The Morgan fingerprint density at radius 2 is 1.93 bits per heavy atom. The number of hydrogen-bond acceptors (Lipinski definition) is 6. The number of aliphatic hydroxyl groups excluding tert-OH is 1. The van der Waals surface area contributed by atoms with E-state index in [4.69, 9.17) is 32.7 Å². The van der Waals surface area contributed by atoms with Gasteiger partial charge in [0.1, 0.15) is 10.8 Å². The molecule has 1 aliphatic rings. The van der Waals surface area contributed by atoms with Crippen molar-refractivity contribution in [3.63, 3.8) is 0 Å². The van der Waals surface area contributed by atoms with Crippen molar-refractivity contribution < 1.29 is 24.2 Å². The van der Waals surface area contributed by atoms with Crippen LogP contribution in [0.4, 0.5) is 0 Å². The number of methoxy groups -OCH3 is 2. The quantitative estimate of drug-likeness (QED) is 0.402. The Morgan fingerprint density at radius 1 is 1.23 bits per heavy atom. The van der Waals surface area contributed by atoms with Gasteiger partial charge in [-0.05, 0) is 24.1 Å². The van der Waals surface area contributed by atoms with Gasteiger partial charge in [0.05, 0.1) is 36.4 Å². The highest BCUT2D eigenvalue weighted by Crippen LogP contribution is 2.47. The Hall–Kier alpha value is -2.77. The van der Waals surface area contributed by atoms with Gasteiger partial charge in [0, 0.05) is 18.9 Å². The minimum absolute atomic E-state index is 0.0368. The van der Waals surface area contributed by atoms with Crippen LogP contribution in [0.5, 0.6) is 11.5 Å². The molecule has 1 fully saturated rings. The second kappa shape index (κ2) is 8.93. The number of amides is 1. The molecule has 0 saturated carbocycles. The molecule has 1 unspecified atom stereocenters. The fourth-order valence-corrected chi connectivity index (χ4v) is 4.21. The third-order valence-electron chi connectivity index (χ3n) is 4.80. The van der Waals surface area contributed by atoms with Crippen LogP contribution in [0.2, 0.25) is 10.0 Å². The maximum atomic E-state index is 12.9. The van der Waals surface area contributed by atoms with Crippen LogP contribution < -0.4 is 9.47 Å². The van der Waals surface area contributed by atoms with E-state index in [9.17, 15) is 14.7 Å². The van der Waals surface area contributed by atoms with Crippen LogP contribution in [0.3, 0.4) is 0 Å². The minimum Gasteiger partial charge on any atom is -0.507 e.